The average Bonchev–Trinajstić information content (AvgIpc) is 2.74. The number of carbonyl (C=O) groups is 1. The number of anilines is 2. The van der Waals surface area contributed by atoms with E-state index in [-0.39, 0.29) is 11.9 Å². The SMILES string of the molecule is Cc1nnc(NC(=O)CCc2ccccc2N)o1. The average molecular weight is 246 g/mol. The Hall–Kier alpha value is -2.37. The third-order valence-electron chi connectivity index (χ3n) is 2.45. The molecule has 0 radical (unpaired) electrons. The van der Waals surface area contributed by atoms with Crippen molar-refractivity contribution in [3.05, 3.63) is 35.7 Å². The standard InChI is InChI=1S/C12H14N4O2/c1-8-15-16-12(18-8)14-11(17)7-6-9-4-2-3-5-10(9)13/h2-5H,6-7,13H2,1H3,(H,14,16,17). The van der Waals surface area contributed by atoms with Crippen LogP contribution in [-0.4, -0.2) is 16.1 Å². The molecular formula is C12H14N4O2. The fraction of sp³-hybridized carbons (Fsp3) is 0.250. The maximum Gasteiger partial charge on any atom is 0.322 e. The Balaban J connectivity index is 1.87. The molecule has 0 aliphatic carbocycles. The highest BCUT2D eigenvalue weighted by atomic mass is 16.4. The van der Waals surface area contributed by atoms with Crippen LogP contribution in [0.1, 0.15) is 17.9 Å². The minimum atomic E-state index is -0.179. The Morgan fingerprint density at radius 1 is 1.39 bits per heavy atom. The fourth-order valence-electron chi connectivity index (χ4n) is 1.54. The van der Waals surface area contributed by atoms with Crippen LogP contribution in [0, 0.1) is 6.92 Å². The number of rotatable bonds is 4. The monoisotopic (exact) mass is 246 g/mol. The highest BCUT2D eigenvalue weighted by molar-refractivity contribution is 5.88. The summed E-state index contributed by atoms with van der Waals surface area (Å²) in [6, 6.07) is 7.60. The van der Waals surface area contributed by atoms with Gasteiger partial charge in [-0.1, -0.05) is 23.3 Å². The van der Waals surface area contributed by atoms with E-state index in [2.05, 4.69) is 15.5 Å². The maximum absolute atomic E-state index is 11.6. The van der Waals surface area contributed by atoms with Crippen molar-refractivity contribution in [3.63, 3.8) is 0 Å². The first-order valence-corrected chi connectivity index (χ1v) is 5.58. The van der Waals surface area contributed by atoms with E-state index >= 15 is 0 Å². The molecule has 6 nitrogen and oxygen atoms in total. The second-order valence-electron chi connectivity index (χ2n) is 3.87. The van der Waals surface area contributed by atoms with Gasteiger partial charge >= 0.3 is 6.01 Å². The van der Waals surface area contributed by atoms with Gasteiger partial charge in [-0.2, -0.15) is 0 Å². The number of amides is 1. The predicted octanol–water partition coefficient (Wildman–Crippen LogP) is 1.53. The lowest BCUT2D eigenvalue weighted by atomic mass is 10.1. The van der Waals surface area contributed by atoms with Crippen molar-refractivity contribution in [2.75, 3.05) is 11.1 Å². The molecule has 0 unspecified atom stereocenters. The van der Waals surface area contributed by atoms with Crippen LogP contribution in [0.25, 0.3) is 0 Å². The molecule has 6 heteroatoms. The van der Waals surface area contributed by atoms with E-state index in [9.17, 15) is 4.79 Å². The third kappa shape index (κ3) is 3.07. The molecule has 1 amide bonds. The van der Waals surface area contributed by atoms with E-state index in [1.165, 1.54) is 0 Å². The van der Waals surface area contributed by atoms with Crippen LogP contribution in [0.2, 0.25) is 0 Å². The number of aromatic nitrogens is 2. The summed E-state index contributed by atoms with van der Waals surface area (Å²) >= 11 is 0. The summed E-state index contributed by atoms with van der Waals surface area (Å²) in [5, 5.41) is 9.84. The van der Waals surface area contributed by atoms with Gasteiger partial charge in [-0.15, -0.1) is 5.10 Å². The third-order valence-corrected chi connectivity index (χ3v) is 2.45. The molecule has 0 saturated heterocycles. The zero-order valence-corrected chi connectivity index (χ0v) is 10.0. The van der Waals surface area contributed by atoms with E-state index in [0.717, 1.165) is 5.56 Å². The lowest BCUT2D eigenvalue weighted by molar-refractivity contribution is -0.116. The van der Waals surface area contributed by atoms with Crippen LogP contribution >= 0.6 is 0 Å². The van der Waals surface area contributed by atoms with Crippen LogP contribution in [-0.2, 0) is 11.2 Å². The van der Waals surface area contributed by atoms with Crippen molar-refractivity contribution in [1.29, 1.82) is 0 Å². The normalized spacial score (nSPS) is 10.3. The van der Waals surface area contributed by atoms with Crippen molar-refractivity contribution < 1.29 is 9.21 Å². The molecule has 3 N–H and O–H groups in total. The molecule has 94 valence electrons. The minimum absolute atomic E-state index is 0.124. The summed E-state index contributed by atoms with van der Waals surface area (Å²) in [5.74, 6) is 0.236. The first-order valence-electron chi connectivity index (χ1n) is 5.58. The summed E-state index contributed by atoms with van der Waals surface area (Å²) < 4.78 is 5.05. The van der Waals surface area contributed by atoms with Crippen LogP contribution in [0.4, 0.5) is 11.7 Å². The topological polar surface area (TPSA) is 94.0 Å². The second kappa shape index (κ2) is 5.31. The van der Waals surface area contributed by atoms with Crippen molar-refractivity contribution in [2.24, 2.45) is 0 Å². The Morgan fingerprint density at radius 3 is 2.83 bits per heavy atom. The van der Waals surface area contributed by atoms with Gasteiger partial charge in [-0.05, 0) is 18.1 Å². The van der Waals surface area contributed by atoms with E-state index in [1.54, 1.807) is 6.92 Å². The van der Waals surface area contributed by atoms with Gasteiger partial charge in [-0.25, -0.2) is 0 Å². The maximum atomic E-state index is 11.6. The summed E-state index contributed by atoms with van der Waals surface area (Å²) in [5.41, 5.74) is 7.44. The molecule has 0 aliphatic rings. The number of hydrogen-bond acceptors (Lipinski definition) is 5. The van der Waals surface area contributed by atoms with Crippen LogP contribution in [0.15, 0.2) is 28.7 Å². The van der Waals surface area contributed by atoms with Crippen molar-refractivity contribution in [1.82, 2.24) is 10.2 Å². The number of nitrogens with two attached hydrogens (primary N) is 1. The quantitative estimate of drug-likeness (QED) is 0.798. The zero-order chi connectivity index (χ0) is 13.0. The Morgan fingerprint density at radius 2 is 2.17 bits per heavy atom. The van der Waals surface area contributed by atoms with Crippen molar-refractivity contribution in [3.8, 4) is 0 Å². The first-order chi connectivity index (χ1) is 8.65. The van der Waals surface area contributed by atoms with Crippen molar-refractivity contribution >= 4 is 17.6 Å². The number of nitrogen functional groups attached to an aromatic ring is 1. The van der Waals surface area contributed by atoms with E-state index < -0.39 is 0 Å². The van der Waals surface area contributed by atoms with Crippen LogP contribution < -0.4 is 11.1 Å². The molecule has 1 aromatic heterocycles. The molecule has 0 atom stereocenters. The van der Waals surface area contributed by atoms with Gasteiger partial charge in [0.25, 0.3) is 0 Å². The van der Waals surface area contributed by atoms with Gasteiger partial charge < -0.3 is 10.2 Å². The van der Waals surface area contributed by atoms with E-state index in [0.29, 0.717) is 24.4 Å². The van der Waals surface area contributed by atoms with Crippen LogP contribution in [0.3, 0.4) is 0 Å². The Bertz CT molecular complexity index is 551. The van der Waals surface area contributed by atoms with Gasteiger partial charge in [0, 0.05) is 19.0 Å². The number of nitrogens with one attached hydrogen (secondary N) is 1. The van der Waals surface area contributed by atoms with Gasteiger partial charge in [0.15, 0.2) is 0 Å². The molecule has 2 rings (SSSR count). The fourth-order valence-corrected chi connectivity index (χ4v) is 1.54. The number of nitrogens with zero attached hydrogens (tertiary/aromatic N) is 2. The number of hydrogen-bond donors (Lipinski definition) is 2. The molecule has 0 fully saturated rings. The molecule has 0 bridgehead atoms. The smallest absolute Gasteiger partial charge is 0.322 e. The summed E-state index contributed by atoms with van der Waals surface area (Å²) in [6.07, 6.45) is 0.890. The number of para-hydroxylation sites is 1. The summed E-state index contributed by atoms with van der Waals surface area (Å²) in [4.78, 5) is 11.6. The highest BCUT2D eigenvalue weighted by Gasteiger charge is 2.08. The first kappa shape index (κ1) is 12.1. The minimum Gasteiger partial charge on any atom is -0.408 e. The number of benzene rings is 1. The Kier molecular flexibility index (Phi) is 3.57. The molecule has 0 aliphatic heterocycles. The van der Waals surface area contributed by atoms with Gasteiger partial charge in [-0.3, -0.25) is 10.1 Å². The Labute approximate surface area is 104 Å². The molecule has 0 saturated carbocycles. The summed E-state index contributed by atoms with van der Waals surface area (Å²) in [6.45, 7) is 1.66. The zero-order valence-electron chi connectivity index (χ0n) is 10.0. The van der Waals surface area contributed by atoms with Crippen molar-refractivity contribution in [2.45, 2.75) is 19.8 Å². The molecule has 2 aromatic rings. The second-order valence-corrected chi connectivity index (χ2v) is 3.87. The predicted molar refractivity (Wildman–Crippen MR) is 66.8 cm³/mol. The van der Waals surface area contributed by atoms with Gasteiger partial charge in [0.2, 0.25) is 11.8 Å². The van der Waals surface area contributed by atoms with Gasteiger partial charge in [0.1, 0.15) is 0 Å². The summed E-state index contributed by atoms with van der Waals surface area (Å²) in [7, 11) is 0. The number of carbonyl (C=O) groups excluding carboxylic acids is 1. The lowest BCUT2D eigenvalue weighted by Crippen LogP contribution is -2.13. The number of aryl methyl sites for hydroxylation is 2. The molecule has 1 heterocycles. The van der Waals surface area contributed by atoms with Crippen LogP contribution in [0.5, 0.6) is 0 Å². The van der Waals surface area contributed by atoms with Gasteiger partial charge in [0.05, 0.1) is 0 Å². The van der Waals surface area contributed by atoms with E-state index in [4.69, 9.17) is 10.2 Å². The molecular weight excluding hydrogens is 232 g/mol. The highest BCUT2D eigenvalue weighted by Crippen LogP contribution is 2.13. The molecule has 1 aromatic carbocycles. The van der Waals surface area contributed by atoms with E-state index in [1.807, 2.05) is 24.3 Å². The molecule has 18 heavy (non-hydrogen) atoms. The molecule has 0 spiro atoms. The largest absolute Gasteiger partial charge is 0.408 e. The lowest BCUT2D eigenvalue weighted by Gasteiger charge is -2.04.